The fourth-order valence-corrected chi connectivity index (χ4v) is 4.76. The quantitative estimate of drug-likeness (QED) is 0.271. The minimum atomic E-state index is -0.144. The van der Waals surface area contributed by atoms with Crippen molar-refractivity contribution in [1.29, 1.82) is 0 Å². The highest BCUT2D eigenvalue weighted by Crippen LogP contribution is 2.36. The van der Waals surface area contributed by atoms with Crippen LogP contribution in [-0.4, -0.2) is 32.0 Å². The third-order valence-electron chi connectivity index (χ3n) is 5.18. The standard InChI is InChI=1S/C25H19N3O3S2/c1-30-20-11-9-17(10-12-20)23-18(15-28(26-23)19-6-3-2-4-7-19)14-22-24(29)27(25(32)33-22)16-21-8-5-13-31-21/h2-15H,16H2,1H3. The zero-order chi connectivity index (χ0) is 22.8. The normalized spacial score (nSPS) is 14.9. The van der Waals surface area contributed by atoms with Crippen LogP contribution in [0.2, 0.25) is 0 Å². The van der Waals surface area contributed by atoms with Crippen LogP contribution >= 0.6 is 24.0 Å². The first-order chi connectivity index (χ1) is 16.1. The molecule has 1 aliphatic heterocycles. The van der Waals surface area contributed by atoms with E-state index < -0.39 is 0 Å². The van der Waals surface area contributed by atoms with Gasteiger partial charge in [0.05, 0.1) is 36.2 Å². The summed E-state index contributed by atoms with van der Waals surface area (Å²) < 4.78 is 13.0. The van der Waals surface area contributed by atoms with Gasteiger partial charge in [0, 0.05) is 17.3 Å². The number of methoxy groups -OCH3 is 1. The molecule has 0 unspecified atom stereocenters. The number of hydrogen-bond acceptors (Lipinski definition) is 6. The van der Waals surface area contributed by atoms with Gasteiger partial charge in [-0.15, -0.1) is 0 Å². The van der Waals surface area contributed by atoms with Crippen LogP contribution in [0.15, 0.2) is 88.5 Å². The number of para-hydroxylation sites is 1. The second-order valence-corrected chi connectivity index (χ2v) is 8.96. The van der Waals surface area contributed by atoms with Crippen LogP contribution in [0.1, 0.15) is 11.3 Å². The maximum absolute atomic E-state index is 13.1. The Morgan fingerprint density at radius 2 is 1.88 bits per heavy atom. The molecule has 33 heavy (non-hydrogen) atoms. The summed E-state index contributed by atoms with van der Waals surface area (Å²) >= 11 is 6.75. The summed E-state index contributed by atoms with van der Waals surface area (Å²) in [5.74, 6) is 1.31. The lowest BCUT2D eigenvalue weighted by Crippen LogP contribution is -2.27. The van der Waals surface area contributed by atoms with Gasteiger partial charge < -0.3 is 9.15 Å². The monoisotopic (exact) mass is 473 g/mol. The van der Waals surface area contributed by atoms with Crippen molar-refractivity contribution in [3.05, 3.63) is 95.4 Å². The lowest BCUT2D eigenvalue weighted by molar-refractivity contribution is -0.122. The van der Waals surface area contributed by atoms with Crippen LogP contribution in [0, 0.1) is 0 Å². The van der Waals surface area contributed by atoms with E-state index in [0.29, 0.717) is 21.5 Å². The molecule has 6 nitrogen and oxygen atoms in total. The molecule has 3 heterocycles. The number of ether oxygens (including phenoxy) is 1. The number of carbonyl (C=O) groups is 1. The number of benzene rings is 2. The Bertz CT molecular complexity index is 1330. The Morgan fingerprint density at radius 3 is 2.58 bits per heavy atom. The molecule has 1 fully saturated rings. The minimum absolute atomic E-state index is 0.144. The Labute approximate surface area is 200 Å². The number of rotatable bonds is 6. The number of amides is 1. The highest BCUT2D eigenvalue weighted by atomic mass is 32.2. The van der Waals surface area contributed by atoms with E-state index in [2.05, 4.69) is 0 Å². The predicted molar refractivity (Wildman–Crippen MR) is 133 cm³/mol. The molecule has 2 aromatic heterocycles. The summed E-state index contributed by atoms with van der Waals surface area (Å²) in [6.07, 6.45) is 5.36. The molecule has 0 radical (unpaired) electrons. The summed E-state index contributed by atoms with van der Waals surface area (Å²) in [7, 11) is 1.63. The molecular weight excluding hydrogens is 454 g/mol. The van der Waals surface area contributed by atoms with E-state index in [1.165, 1.54) is 11.8 Å². The molecule has 0 N–H and O–H groups in total. The van der Waals surface area contributed by atoms with Crippen molar-refractivity contribution in [3.8, 4) is 22.7 Å². The number of hydrogen-bond donors (Lipinski definition) is 0. The van der Waals surface area contributed by atoms with Gasteiger partial charge in [-0.25, -0.2) is 4.68 Å². The van der Waals surface area contributed by atoms with Crippen LogP contribution in [0.3, 0.4) is 0 Å². The molecular formula is C25H19N3O3S2. The van der Waals surface area contributed by atoms with Crippen LogP contribution in [0.4, 0.5) is 0 Å². The number of nitrogens with zero attached hydrogens (tertiary/aromatic N) is 3. The van der Waals surface area contributed by atoms with Gasteiger partial charge in [-0.2, -0.15) is 5.10 Å². The molecule has 0 spiro atoms. The number of thioether (sulfide) groups is 1. The van der Waals surface area contributed by atoms with E-state index in [0.717, 1.165) is 28.3 Å². The first-order valence-electron chi connectivity index (χ1n) is 10.2. The topological polar surface area (TPSA) is 60.5 Å². The summed E-state index contributed by atoms with van der Waals surface area (Å²) in [6.45, 7) is 0.309. The third-order valence-corrected chi connectivity index (χ3v) is 6.56. The summed E-state index contributed by atoms with van der Waals surface area (Å²) in [6, 6.07) is 21.2. The zero-order valence-corrected chi connectivity index (χ0v) is 19.3. The van der Waals surface area contributed by atoms with Gasteiger partial charge in [-0.05, 0) is 54.6 Å². The second kappa shape index (κ2) is 9.09. The zero-order valence-electron chi connectivity index (χ0n) is 17.7. The summed E-state index contributed by atoms with van der Waals surface area (Å²) in [5, 5.41) is 4.82. The Kier molecular flexibility index (Phi) is 5.85. The molecule has 5 rings (SSSR count). The highest BCUT2D eigenvalue weighted by molar-refractivity contribution is 8.26. The Morgan fingerprint density at radius 1 is 1.09 bits per heavy atom. The van der Waals surface area contributed by atoms with Crippen molar-refractivity contribution in [2.45, 2.75) is 6.54 Å². The Hall–Kier alpha value is -3.62. The van der Waals surface area contributed by atoms with Gasteiger partial charge in [0.15, 0.2) is 0 Å². The lowest BCUT2D eigenvalue weighted by Gasteiger charge is -2.11. The largest absolute Gasteiger partial charge is 0.497 e. The van der Waals surface area contributed by atoms with Crippen molar-refractivity contribution >= 4 is 40.3 Å². The second-order valence-electron chi connectivity index (χ2n) is 7.29. The lowest BCUT2D eigenvalue weighted by atomic mass is 10.1. The van der Waals surface area contributed by atoms with Gasteiger partial charge in [0.25, 0.3) is 5.91 Å². The van der Waals surface area contributed by atoms with E-state index in [1.54, 1.807) is 24.3 Å². The summed E-state index contributed by atoms with van der Waals surface area (Å²) in [4.78, 5) is 15.2. The number of thiocarbonyl (C=S) groups is 1. The van der Waals surface area contributed by atoms with E-state index in [1.807, 2.05) is 77.6 Å². The smallest absolute Gasteiger partial charge is 0.266 e. The van der Waals surface area contributed by atoms with E-state index in [9.17, 15) is 4.79 Å². The molecule has 1 aliphatic rings. The van der Waals surface area contributed by atoms with Crippen molar-refractivity contribution in [3.63, 3.8) is 0 Å². The third kappa shape index (κ3) is 4.35. The van der Waals surface area contributed by atoms with Crippen molar-refractivity contribution < 1.29 is 13.9 Å². The predicted octanol–water partition coefficient (Wildman–Crippen LogP) is 5.54. The number of furan rings is 1. The van der Waals surface area contributed by atoms with Crippen LogP contribution in [0.5, 0.6) is 5.75 Å². The van der Waals surface area contributed by atoms with Crippen LogP contribution in [0.25, 0.3) is 23.0 Å². The van der Waals surface area contributed by atoms with Gasteiger partial charge in [0.1, 0.15) is 15.8 Å². The molecule has 2 aromatic carbocycles. The van der Waals surface area contributed by atoms with Crippen molar-refractivity contribution in [2.24, 2.45) is 0 Å². The molecule has 0 bridgehead atoms. The first kappa shape index (κ1) is 21.2. The van der Waals surface area contributed by atoms with Crippen molar-refractivity contribution in [1.82, 2.24) is 14.7 Å². The van der Waals surface area contributed by atoms with Crippen LogP contribution < -0.4 is 4.74 Å². The van der Waals surface area contributed by atoms with E-state index in [-0.39, 0.29) is 5.91 Å². The fourth-order valence-electron chi connectivity index (χ4n) is 3.52. The highest BCUT2D eigenvalue weighted by Gasteiger charge is 2.33. The number of aromatic nitrogens is 2. The fraction of sp³-hybridized carbons (Fsp3) is 0.0800. The number of carbonyl (C=O) groups excluding carboxylic acids is 1. The molecule has 0 aliphatic carbocycles. The van der Waals surface area contributed by atoms with Crippen LogP contribution in [-0.2, 0) is 11.3 Å². The molecule has 8 heteroatoms. The maximum atomic E-state index is 13.1. The molecule has 4 aromatic rings. The Balaban J connectivity index is 1.53. The first-order valence-corrected chi connectivity index (χ1v) is 11.4. The molecule has 1 saturated heterocycles. The molecule has 0 saturated carbocycles. The van der Waals surface area contributed by atoms with Gasteiger partial charge in [-0.1, -0.05) is 42.2 Å². The maximum Gasteiger partial charge on any atom is 0.266 e. The minimum Gasteiger partial charge on any atom is -0.497 e. The van der Waals surface area contributed by atoms with Gasteiger partial charge in [-0.3, -0.25) is 9.69 Å². The molecule has 164 valence electrons. The van der Waals surface area contributed by atoms with Gasteiger partial charge >= 0.3 is 0 Å². The molecule has 0 atom stereocenters. The van der Waals surface area contributed by atoms with Crippen molar-refractivity contribution in [2.75, 3.05) is 7.11 Å². The van der Waals surface area contributed by atoms with Gasteiger partial charge in [0.2, 0.25) is 0 Å². The van der Waals surface area contributed by atoms with E-state index >= 15 is 0 Å². The SMILES string of the molecule is COc1ccc(-c2nn(-c3ccccc3)cc2C=C2SC(=S)N(Cc3ccco3)C2=O)cc1. The molecule has 1 amide bonds. The average molecular weight is 474 g/mol. The summed E-state index contributed by atoms with van der Waals surface area (Å²) in [5.41, 5.74) is 3.43. The van der Waals surface area contributed by atoms with E-state index in [4.69, 9.17) is 26.5 Å². The average Bonchev–Trinajstić information content (AvgIpc) is 3.57.